The van der Waals surface area contributed by atoms with Gasteiger partial charge in [-0.1, -0.05) is 57.1 Å². The Morgan fingerprint density at radius 2 is 1.98 bits per heavy atom. The van der Waals surface area contributed by atoms with Crippen molar-refractivity contribution in [2.24, 2.45) is 33.9 Å². The maximum Gasteiger partial charge on any atom is 0.189 e. The summed E-state index contributed by atoms with van der Waals surface area (Å²) in [5, 5.41) is 45.1. The normalized spacial score (nSPS) is 26.7. The molecule has 3 fully saturated rings. The third-order valence-electron chi connectivity index (χ3n) is 12.5. The molecule has 5 aliphatic rings. The smallest absolute Gasteiger partial charge is 0.189 e. The Bertz CT molecular complexity index is 1370. The van der Waals surface area contributed by atoms with Crippen LogP contribution in [0.5, 0.6) is 11.5 Å². The zero-order valence-corrected chi connectivity index (χ0v) is 30.8. The molecule has 1 aromatic carbocycles. The number of hydrogen-bond acceptors (Lipinski definition) is 9. The van der Waals surface area contributed by atoms with Gasteiger partial charge in [-0.25, -0.2) is 0 Å². The average Bonchev–Trinajstić information content (AvgIpc) is 3.93. The van der Waals surface area contributed by atoms with Gasteiger partial charge in [-0.15, -0.1) is 4.99 Å². The van der Waals surface area contributed by atoms with Crippen LogP contribution < -0.4 is 15.8 Å². The zero-order chi connectivity index (χ0) is 35.8. The first kappa shape index (κ1) is 38.2. The highest BCUT2D eigenvalue weighted by Crippen LogP contribution is 2.48. The number of aliphatic imine (C=N–C) groups is 1. The van der Waals surface area contributed by atoms with Crippen molar-refractivity contribution in [1.29, 1.82) is 0 Å². The molecule has 282 valence electrons. The van der Waals surface area contributed by atoms with E-state index < -0.39 is 12.2 Å². The van der Waals surface area contributed by atoms with Crippen molar-refractivity contribution in [3.63, 3.8) is 0 Å². The summed E-state index contributed by atoms with van der Waals surface area (Å²) < 4.78 is 12.3. The van der Waals surface area contributed by atoms with Gasteiger partial charge in [-0.05, 0) is 99.8 Å². The molecule has 9 nitrogen and oxygen atoms in total. The Morgan fingerprint density at radius 1 is 1.14 bits per heavy atom. The van der Waals surface area contributed by atoms with Crippen LogP contribution in [-0.4, -0.2) is 77.3 Å². The molecule has 0 spiro atoms. The molecule has 0 saturated heterocycles. The van der Waals surface area contributed by atoms with Gasteiger partial charge < -0.3 is 41.0 Å². The predicted molar refractivity (Wildman–Crippen MR) is 201 cm³/mol. The standard InChI is InChI=1S/C42H63N3O6/c1-28(47)24-44-25-35-33-8-6-7-30(33)12-14-36-34(35)23-37(45-36)39(49)27-50-41-21-29(11-15-38(41)48)10-13-32-22-31(26-46)40(51-32)9-2-3-16-42(19-20-43)17-4-5-18-42/h11,15,21-23,28,30,33,35,39-40,44,46-49H,2-10,12-14,16-20,24-27,43H2,1H3/t28-,30+,33-,35+,39-,40?/m0/s1. The van der Waals surface area contributed by atoms with Gasteiger partial charge in [0.25, 0.3) is 0 Å². The second-order valence-electron chi connectivity index (χ2n) is 16.2. The van der Waals surface area contributed by atoms with Gasteiger partial charge in [0.15, 0.2) is 29.4 Å². The average molecular weight is 706 g/mol. The molecule has 2 aliphatic heterocycles. The lowest BCUT2D eigenvalue weighted by Gasteiger charge is -2.29. The van der Waals surface area contributed by atoms with Crippen molar-refractivity contribution in [3.8, 4) is 11.5 Å². The minimum Gasteiger partial charge on any atom is -0.504 e. The van der Waals surface area contributed by atoms with Gasteiger partial charge in [-0.3, -0.25) is 0 Å². The fraction of sp³-hybridized carbons (Fsp3) is 0.690. The first-order valence-electron chi connectivity index (χ1n) is 20.0. The van der Waals surface area contributed by atoms with Crippen molar-refractivity contribution >= 4 is 5.71 Å². The number of phenols is 1. The quantitative estimate of drug-likeness (QED) is 0.0748. The summed E-state index contributed by atoms with van der Waals surface area (Å²) in [6.45, 7) is 3.94. The van der Waals surface area contributed by atoms with E-state index >= 15 is 0 Å². The van der Waals surface area contributed by atoms with Crippen LogP contribution in [-0.2, 0) is 11.2 Å². The highest BCUT2D eigenvalue weighted by atomic mass is 16.5. The summed E-state index contributed by atoms with van der Waals surface area (Å²) in [6, 6.07) is 5.99. The van der Waals surface area contributed by atoms with Crippen LogP contribution in [0.25, 0.3) is 0 Å². The molecule has 0 amide bonds. The fourth-order valence-electron chi connectivity index (χ4n) is 9.75. The topological polar surface area (TPSA) is 150 Å². The fourth-order valence-corrected chi connectivity index (χ4v) is 9.75. The van der Waals surface area contributed by atoms with Crippen LogP contribution in [0, 0.1) is 35.3 Å². The van der Waals surface area contributed by atoms with E-state index in [4.69, 9.17) is 20.2 Å². The summed E-state index contributed by atoms with van der Waals surface area (Å²) >= 11 is 0. The molecular formula is C42H63N3O6. The lowest BCUT2D eigenvalue weighted by atomic mass is 9.78. The number of ether oxygens (including phenoxy) is 2. The highest BCUT2D eigenvalue weighted by molar-refractivity contribution is 6.04. The van der Waals surface area contributed by atoms with E-state index in [2.05, 4.69) is 11.4 Å². The molecule has 51 heavy (non-hydrogen) atoms. The number of aryl methyl sites for hydroxylation is 1. The van der Waals surface area contributed by atoms with Gasteiger partial charge in [-0.2, -0.15) is 11.6 Å². The van der Waals surface area contributed by atoms with Crippen molar-refractivity contribution in [2.75, 3.05) is 32.8 Å². The molecule has 9 heteroatoms. The number of benzene rings is 1. The molecule has 3 aliphatic carbocycles. The minimum absolute atomic E-state index is 0.00760. The molecule has 0 bridgehead atoms. The van der Waals surface area contributed by atoms with Gasteiger partial charge in [0.05, 0.1) is 18.1 Å². The van der Waals surface area contributed by atoms with Crippen molar-refractivity contribution in [2.45, 2.75) is 128 Å². The lowest BCUT2D eigenvalue weighted by Crippen LogP contribution is -2.34. The first-order valence-corrected chi connectivity index (χ1v) is 20.0. The van der Waals surface area contributed by atoms with Crippen molar-refractivity contribution < 1.29 is 29.9 Å². The first-order chi connectivity index (χ1) is 24.8. The van der Waals surface area contributed by atoms with Gasteiger partial charge in [0.2, 0.25) is 0 Å². The van der Waals surface area contributed by atoms with Gasteiger partial charge >= 0.3 is 0 Å². The Morgan fingerprint density at radius 3 is 2.76 bits per heavy atom. The maximum absolute atomic E-state index is 11.2. The number of phenolic OH excluding ortho intramolecular Hbond substituents is 1. The van der Waals surface area contributed by atoms with Crippen LogP contribution in [0.4, 0.5) is 0 Å². The number of nitrogens with two attached hydrogens (primary N) is 1. The van der Waals surface area contributed by atoms with Gasteiger partial charge in [0.1, 0.15) is 12.2 Å². The predicted octanol–water partition coefficient (Wildman–Crippen LogP) is 6.09. The number of rotatable bonds is 19. The Balaban J connectivity index is 0.984. The Labute approximate surface area is 305 Å². The third-order valence-corrected chi connectivity index (χ3v) is 12.5. The van der Waals surface area contributed by atoms with Crippen LogP contribution in [0.2, 0.25) is 0 Å². The van der Waals surface area contributed by atoms with E-state index in [1.165, 1.54) is 63.4 Å². The molecule has 0 aromatic heterocycles. The zero-order valence-electron chi connectivity index (χ0n) is 30.8. The number of unbranched alkanes of at least 4 members (excludes halogenated alkanes) is 1. The van der Waals surface area contributed by atoms with E-state index in [0.29, 0.717) is 54.3 Å². The van der Waals surface area contributed by atoms with Crippen LogP contribution in [0.15, 0.2) is 46.5 Å². The second kappa shape index (κ2) is 18.0. The summed E-state index contributed by atoms with van der Waals surface area (Å²) in [6.07, 6.45) is 21.6. The molecule has 0 radical (unpaired) electrons. The van der Waals surface area contributed by atoms with E-state index in [-0.39, 0.29) is 25.1 Å². The van der Waals surface area contributed by atoms with E-state index in [1.807, 2.05) is 18.2 Å². The van der Waals surface area contributed by atoms with Crippen LogP contribution >= 0.6 is 0 Å². The molecule has 6 atom stereocenters. The van der Waals surface area contributed by atoms with Gasteiger partial charge in [0, 0.05) is 32.2 Å². The van der Waals surface area contributed by atoms with E-state index in [1.54, 1.807) is 13.0 Å². The second-order valence-corrected chi connectivity index (χ2v) is 16.2. The van der Waals surface area contributed by atoms with E-state index in [9.17, 15) is 20.4 Å². The molecule has 7 N–H and O–H groups in total. The number of nitrogens with zero attached hydrogens (tertiary/aromatic N) is 1. The monoisotopic (exact) mass is 705 g/mol. The summed E-state index contributed by atoms with van der Waals surface area (Å²) in [7, 11) is 0. The summed E-state index contributed by atoms with van der Waals surface area (Å²) in [4.78, 5) is 4.91. The number of aliphatic hydroxyl groups is 3. The largest absolute Gasteiger partial charge is 0.504 e. The number of aliphatic hydroxyl groups excluding tert-OH is 3. The molecule has 6 rings (SSSR count). The van der Waals surface area contributed by atoms with Crippen LogP contribution in [0.1, 0.15) is 109 Å². The molecule has 1 unspecified atom stereocenters. The Hall–Kier alpha value is -2.53. The lowest BCUT2D eigenvalue weighted by molar-refractivity contribution is 0.101. The Kier molecular flexibility index (Phi) is 13.5. The molecule has 3 saturated carbocycles. The highest BCUT2D eigenvalue weighted by Gasteiger charge is 2.47. The summed E-state index contributed by atoms with van der Waals surface area (Å²) in [5.41, 5.74) is 10.6. The molecular weight excluding hydrogens is 642 g/mol. The third kappa shape index (κ3) is 9.72. The van der Waals surface area contributed by atoms with E-state index in [0.717, 1.165) is 68.1 Å². The number of nitrogens with one attached hydrogen (secondary N) is 1. The maximum atomic E-state index is 11.2. The number of aromatic hydroxyl groups is 1. The van der Waals surface area contributed by atoms with Crippen molar-refractivity contribution in [3.05, 3.63) is 59.2 Å². The number of fused-ring (bicyclic) bond motifs is 2. The molecule has 1 aromatic rings. The van der Waals surface area contributed by atoms with Crippen LogP contribution in [0.3, 0.4) is 0 Å². The van der Waals surface area contributed by atoms with Crippen molar-refractivity contribution in [1.82, 2.24) is 5.32 Å². The number of hydrogen-bond donors (Lipinski definition) is 6. The summed E-state index contributed by atoms with van der Waals surface area (Å²) in [5.74, 6) is 2.00. The minimum atomic E-state index is -0.920. The SMILES string of the molecule is C[C@H](O)CNC[C@H]1C2=C[C+]([C@@H](O)COc3cc(CC[C-]4C=C(CO)C(CCCCC5(CCN)CCCC5)O4)ccc3O)N=C2CC[C@H]2CCC[C@@H]21. The molecule has 2 heterocycles.